The van der Waals surface area contributed by atoms with Crippen LogP contribution in [0.5, 0.6) is 0 Å². The van der Waals surface area contributed by atoms with Gasteiger partial charge in [-0.15, -0.1) is 0 Å². The van der Waals surface area contributed by atoms with Gasteiger partial charge < -0.3 is 9.64 Å². The van der Waals surface area contributed by atoms with Gasteiger partial charge in [0, 0.05) is 18.0 Å². The number of hydrogen-bond donors (Lipinski definition) is 0. The summed E-state index contributed by atoms with van der Waals surface area (Å²) in [6.07, 6.45) is 0. The molecule has 3 nitrogen and oxygen atoms in total. The molecule has 1 saturated heterocycles. The maximum Gasteiger partial charge on any atom is 0.137 e. The van der Waals surface area contributed by atoms with Gasteiger partial charge in [-0.1, -0.05) is 18.3 Å². The monoisotopic (exact) mass is 212 g/mol. The number of morpholine rings is 1. The minimum absolute atomic E-state index is 0.769. The van der Waals surface area contributed by atoms with Crippen molar-refractivity contribution in [1.29, 1.82) is 0 Å². The van der Waals surface area contributed by atoms with Crippen LogP contribution in [0.3, 0.4) is 0 Å². The zero-order valence-corrected chi connectivity index (χ0v) is 9.35. The summed E-state index contributed by atoms with van der Waals surface area (Å²) in [4.78, 5) is 7.39. The van der Waals surface area contributed by atoms with E-state index in [1.165, 1.54) is 0 Å². The molecule has 0 saturated carbocycles. The first-order valence-electron chi connectivity index (χ1n) is 4.57. The lowest BCUT2D eigenvalue weighted by Gasteiger charge is -2.29. The highest BCUT2D eigenvalue weighted by molar-refractivity contribution is 8.05. The highest BCUT2D eigenvalue weighted by Crippen LogP contribution is 2.23. The second kappa shape index (κ2) is 5.88. The van der Waals surface area contributed by atoms with Gasteiger partial charge in [0.15, 0.2) is 0 Å². The van der Waals surface area contributed by atoms with Gasteiger partial charge in [0.05, 0.1) is 13.2 Å². The molecule has 1 aliphatic heterocycles. The first-order valence-corrected chi connectivity index (χ1v) is 5.45. The summed E-state index contributed by atoms with van der Waals surface area (Å²) < 4.78 is 5.28. The molecule has 0 atom stereocenters. The molecule has 0 aromatic carbocycles. The minimum atomic E-state index is 0.769. The van der Waals surface area contributed by atoms with Crippen LogP contribution in [0.25, 0.3) is 0 Å². The fraction of sp³-hybridized carbons (Fsp3) is 0.500. The second-order valence-electron chi connectivity index (χ2n) is 2.92. The van der Waals surface area contributed by atoms with Crippen molar-refractivity contribution in [3.05, 3.63) is 22.7 Å². The Labute approximate surface area is 89.5 Å². The van der Waals surface area contributed by atoms with Crippen LogP contribution < -0.4 is 0 Å². The summed E-state index contributed by atoms with van der Waals surface area (Å²) in [5.41, 5.74) is 0. The number of hydrogen-bond acceptors (Lipinski definition) is 4. The quantitative estimate of drug-likeness (QED) is 0.667. The smallest absolute Gasteiger partial charge is 0.137 e. The molecule has 0 aliphatic carbocycles. The normalized spacial score (nSPS) is 18.8. The molecule has 0 N–H and O–H groups in total. The van der Waals surface area contributed by atoms with Gasteiger partial charge in [-0.05, 0) is 19.0 Å². The first-order chi connectivity index (χ1) is 6.79. The number of allylic oxidation sites excluding steroid dienone is 1. The Balaban J connectivity index is 2.72. The molecule has 1 rings (SSSR count). The lowest BCUT2D eigenvalue weighted by Crippen LogP contribution is -2.35. The fourth-order valence-corrected chi connectivity index (χ4v) is 1.94. The lowest BCUT2D eigenvalue weighted by molar-refractivity contribution is 0.0530. The van der Waals surface area contributed by atoms with E-state index < -0.39 is 0 Å². The van der Waals surface area contributed by atoms with Crippen molar-refractivity contribution in [2.75, 3.05) is 26.3 Å². The Bertz CT molecular complexity index is 245. The maximum atomic E-state index is 5.28. The summed E-state index contributed by atoms with van der Waals surface area (Å²) in [5, 5.41) is 1.81. The number of ether oxygens (including phenoxy) is 1. The Hall–Kier alpha value is -0.740. The van der Waals surface area contributed by atoms with Gasteiger partial charge in [0.25, 0.3) is 0 Å². The van der Waals surface area contributed by atoms with E-state index in [4.69, 9.17) is 4.74 Å². The van der Waals surface area contributed by atoms with Crippen LogP contribution in [-0.2, 0) is 4.74 Å². The summed E-state index contributed by atoms with van der Waals surface area (Å²) in [6.45, 7) is 12.6. The van der Waals surface area contributed by atoms with Crippen LogP contribution in [0.1, 0.15) is 6.92 Å². The van der Waals surface area contributed by atoms with Crippen molar-refractivity contribution >= 4 is 18.5 Å². The highest BCUT2D eigenvalue weighted by atomic mass is 32.2. The lowest BCUT2D eigenvalue weighted by atomic mass is 10.4. The van der Waals surface area contributed by atoms with Crippen LogP contribution >= 0.6 is 11.8 Å². The second-order valence-corrected chi connectivity index (χ2v) is 4.10. The van der Waals surface area contributed by atoms with E-state index in [0.717, 1.165) is 37.0 Å². The van der Waals surface area contributed by atoms with Crippen LogP contribution in [0.15, 0.2) is 27.7 Å². The number of thioether (sulfide) groups is 1. The Morgan fingerprint density at radius 2 is 2.14 bits per heavy atom. The van der Waals surface area contributed by atoms with E-state index in [2.05, 4.69) is 23.2 Å². The summed E-state index contributed by atoms with van der Waals surface area (Å²) >= 11 is 1.58. The molecule has 78 valence electrons. The van der Waals surface area contributed by atoms with Gasteiger partial charge in [0.1, 0.15) is 5.82 Å². The molecule has 0 unspecified atom stereocenters. The Morgan fingerprint density at radius 3 is 2.64 bits per heavy atom. The maximum absolute atomic E-state index is 5.28. The zero-order valence-electron chi connectivity index (χ0n) is 8.53. The average molecular weight is 212 g/mol. The zero-order chi connectivity index (χ0) is 10.4. The Morgan fingerprint density at radius 1 is 1.50 bits per heavy atom. The van der Waals surface area contributed by atoms with E-state index >= 15 is 0 Å². The third kappa shape index (κ3) is 2.89. The fourth-order valence-electron chi connectivity index (χ4n) is 1.39. The molecule has 0 amide bonds. The summed E-state index contributed by atoms with van der Waals surface area (Å²) in [7, 11) is 0. The Kier molecular flexibility index (Phi) is 4.76. The van der Waals surface area contributed by atoms with E-state index in [1.807, 2.05) is 6.92 Å². The van der Waals surface area contributed by atoms with E-state index in [-0.39, 0.29) is 0 Å². The first kappa shape index (κ1) is 11.3. The van der Waals surface area contributed by atoms with E-state index in [9.17, 15) is 0 Å². The van der Waals surface area contributed by atoms with Crippen LogP contribution in [-0.4, -0.2) is 37.9 Å². The van der Waals surface area contributed by atoms with Gasteiger partial charge >= 0.3 is 0 Å². The molecule has 0 aromatic rings. The summed E-state index contributed by atoms with van der Waals surface area (Å²) in [5.74, 6) is 0.957. The van der Waals surface area contributed by atoms with Crippen LogP contribution in [0, 0.1) is 0 Å². The number of rotatable bonds is 4. The molecule has 0 bridgehead atoms. The molecule has 1 fully saturated rings. The molecule has 0 spiro atoms. The SMILES string of the molecule is C=CS/C(C)=C(/N=C)N1CCOCC1. The van der Waals surface area contributed by atoms with Crippen molar-refractivity contribution in [3.63, 3.8) is 0 Å². The van der Waals surface area contributed by atoms with Crippen molar-refractivity contribution < 1.29 is 4.74 Å². The van der Waals surface area contributed by atoms with Crippen molar-refractivity contribution in [1.82, 2.24) is 4.90 Å². The molecule has 0 radical (unpaired) electrons. The molecule has 0 aromatic heterocycles. The van der Waals surface area contributed by atoms with Crippen LogP contribution in [0.2, 0.25) is 0 Å². The molecule has 1 heterocycles. The van der Waals surface area contributed by atoms with E-state index in [1.54, 1.807) is 17.2 Å². The minimum Gasteiger partial charge on any atom is -0.378 e. The van der Waals surface area contributed by atoms with Crippen LogP contribution in [0.4, 0.5) is 0 Å². The van der Waals surface area contributed by atoms with Crippen molar-refractivity contribution in [2.24, 2.45) is 4.99 Å². The topological polar surface area (TPSA) is 24.8 Å². The predicted molar refractivity (Wildman–Crippen MR) is 62.4 cm³/mol. The largest absolute Gasteiger partial charge is 0.378 e. The molecule has 1 aliphatic rings. The van der Waals surface area contributed by atoms with Crippen molar-refractivity contribution in [2.45, 2.75) is 6.92 Å². The number of aliphatic imine (C=N–C) groups is 1. The van der Waals surface area contributed by atoms with Crippen molar-refractivity contribution in [3.8, 4) is 0 Å². The third-order valence-electron chi connectivity index (χ3n) is 2.04. The van der Waals surface area contributed by atoms with Gasteiger partial charge in [0.2, 0.25) is 0 Å². The van der Waals surface area contributed by atoms with E-state index in [0.29, 0.717) is 0 Å². The van der Waals surface area contributed by atoms with Gasteiger partial charge in [-0.25, -0.2) is 4.99 Å². The number of nitrogens with zero attached hydrogens (tertiary/aromatic N) is 2. The predicted octanol–water partition coefficient (Wildman–Crippen LogP) is 2.08. The highest BCUT2D eigenvalue weighted by Gasteiger charge is 2.14. The van der Waals surface area contributed by atoms with Gasteiger partial charge in [-0.2, -0.15) is 0 Å². The molecular formula is C10H16N2OS. The third-order valence-corrected chi connectivity index (χ3v) is 2.74. The van der Waals surface area contributed by atoms with Gasteiger partial charge in [-0.3, -0.25) is 0 Å². The molecule has 4 heteroatoms. The molecule has 14 heavy (non-hydrogen) atoms. The summed E-state index contributed by atoms with van der Waals surface area (Å²) in [6, 6.07) is 0. The standard InChI is InChI=1S/C10H16N2OS/c1-4-14-9(2)10(11-3)12-5-7-13-8-6-12/h4H,1,3,5-8H2,2H3/b10-9-. The average Bonchev–Trinajstić information content (AvgIpc) is 2.21. The molecular weight excluding hydrogens is 196 g/mol.